The SMILES string of the molecule is CN(CC(=O)N1CCOCC1)C(=O)c1cncc(Br)c1. The van der Waals surface area contributed by atoms with Gasteiger partial charge in [0.1, 0.15) is 0 Å². The van der Waals surface area contributed by atoms with Gasteiger partial charge in [0, 0.05) is 37.0 Å². The number of morpholine rings is 1. The van der Waals surface area contributed by atoms with Gasteiger partial charge >= 0.3 is 0 Å². The lowest BCUT2D eigenvalue weighted by Crippen LogP contribution is -2.46. The predicted octanol–water partition coefficient (Wildman–Crippen LogP) is 0.775. The first kappa shape index (κ1) is 14.9. The number of likely N-dealkylation sites (N-methyl/N-ethyl adjacent to an activating group) is 1. The number of halogens is 1. The van der Waals surface area contributed by atoms with Gasteiger partial charge in [-0.25, -0.2) is 0 Å². The Kier molecular flexibility index (Phi) is 5.08. The van der Waals surface area contributed by atoms with Crippen LogP contribution in [-0.2, 0) is 9.53 Å². The maximum atomic E-state index is 12.2. The summed E-state index contributed by atoms with van der Waals surface area (Å²) in [7, 11) is 1.61. The fraction of sp³-hybridized carbons (Fsp3) is 0.462. The molecular weight excluding hydrogens is 326 g/mol. The van der Waals surface area contributed by atoms with Gasteiger partial charge < -0.3 is 14.5 Å². The molecule has 1 aliphatic heterocycles. The van der Waals surface area contributed by atoms with Crippen molar-refractivity contribution in [2.75, 3.05) is 39.9 Å². The minimum Gasteiger partial charge on any atom is -0.378 e. The molecule has 0 unspecified atom stereocenters. The van der Waals surface area contributed by atoms with E-state index in [2.05, 4.69) is 20.9 Å². The standard InChI is InChI=1S/C13H16BrN3O3/c1-16(9-12(18)17-2-4-20-5-3-17)13(19)10-6-11(14)8-15-7-10/h6-8H,2-5,9H2,1H3. The third kappa shape index (κ3) is 3.77. The van der Waals surface area contributed by atoms with Crippen LogP contribution in [-0.4, -0.2) is 66.5 Å². The van der Waals surface area contributed by atoms with Crippen molar-refractivity contribution < 1.29 is 14.3 Å². The van der Waals surface area contributed by atoms with Gasteiger partial charge in [0.15, 0.2) is 0 Å². The van der Waals surface area contributed by atoms with Crippen molar-refractivity contribution in [2.24, 2.45) is 0 Å². The van der Waals surface area contributed by atoms with Gasteiger partial charge in [-0.05, 0) is 22.0 Å². The summed E-state index contributed by atoms with van der Waals surface area (Å²) in [5.74, 6) is -0.285. The maximum Gasteiger partial charge on any atom is 0.255 e. The van der Waals surface area contributed by atoms with Crippen molar-refractivity contribution in [1.29, 1.82) is 0 Å². The summed E-state index contributed by atoms with van der Waals surface area (Å²) in [6.45, 7) is 2.34. The van der Waals surface area contributed by atoms with E-state index in [1.165, 1.54) is 11.1 Å². The Labute approximate surface area is 125 Å². The molecule has 2 heterocycles. The van der Waals surface area contributed by atoms with Crippen LogP contribution >= 0.6 is 15.9 Å². The fourth-order valence-corrected chi connectivity index (χ4v) is 2.30. The molecule has 2 rings (SSSR count). The molecule has 0 aromatic carbocycles. The first-order valence-corrected chi connectivity index (χ1v) is 7.09. The van der Waals surface area contributed by atoms with Gasteiger partial charge in [-0.2, -0.15) is 0 Å². The highest BCUT2D eigenvalue weighted by Gasteiger charge is 2.21. The molecule has 0 bridgehead atoms. The normalized spacial score (nSPS) is 15.0. The fourth-order valence-electron chi connectivity index (χ4n) is 1.94. The molecular formula is C13H16BrN3O3. The molecule has 0 aliphatic carbocycles. The number of hydrogen-bond donors (Lipinski definition) is 0. The zero-order valence-corrected chi connectivity index (χ0v) is 12.8. The Bertz CT molecular complexity index is 503. The third-order valence-electron chi connectivity index (χ3n) is 3.03. The molecule has 1 fully saturated rings. The summed E-state index contributed by atoms with van der Waals surface area (Å²) in [4.78, 5) is 31.3. The summed E-state index contributed by atoms with van der Waals surface area (Å²) >= 11 is 3.27. The summed E-state index contributed by atoms with van der Waals surface area (Å²) < 4.78 is 5.93. The topological polar surface area (TPSA) is 62.7 Å². The van der Waals surface area contributed by atoms with E-state index in [1.807, 2.05) is 0 Å². The monoisotopic (exact) mass is 341 g/mol. The van der Waals surface area contributed by atoms with Gasteiger partial charge in [0.05, 0.1) is 25.3 Å². The number of hydrogen-bond acceptors (Lipinski definition) is 4. The molecule has 6 nitrogen and oxygen atoms in total. The zero-order valence-electron chi connectivity index (χ0n) is 11.2. The quantitative estimate of drug-likeness (QED) is 0.814. The second-order valence-electron chi connectivity index (χ2n) is 4.55. The molecule has 0 atom stereocenters. The Morgan fingerprint density at radius 1 is 1.40 bits per heavy atom. The minimum absolute atomic E-state index is 0.0609. The Morgan fingerprint density at radius 3 is 2.75 bits per heavy atom. The molecule has 1 aliphatic rings. The number of pyridine rings is 1. The summed E-state index contributed by atoms with van der Waals surface area (Å²) in [5.41, 5.74) is 0.455. The van der Waals surface area contributed by atoms with E-state index in [0.717, 1.165) is 4.47 Å². The van der Waals surface area contributed by atoms with E-state index in [-0.39, 0.29) is 18.4 Å². The molecule has 0 radical (unpaired) electrons. The van der Waals surface area contributed by atoms with Crippen molar-refractivity contribution in [1.82, 2.24) is 14.8 Å². The molecule has 2 amide bonds. The van der Waals surface area contributed by atoms with Crippen LogP contribution < -0.4 is 0 Å². The van der Waals surface area contributed by atoms with Crippen molar-refractivity contribution in [3.8, 4) is 0 Å². The van der Waals surface area contributed by atoms with Crippen LogP contribution in [0.15, 0.2) is 22.9 Å². The van der Waals surface area contributed by atoms with Crippen LogP contribution in [0.5, 0.6) is 0 Å². The Morgan fingerprint density at radius 2 is 2.10 bits per heavy atom. The van der Waals surface area contributed by atoms with E-state index in [9.17, 15) is 9.59 Å². The Hall–Kier alpha value is -1.47. The average molecular weight is 342 g/mol. The molecule has 1 aromatic rings. The first-order chi connectivity index (χ1) is 9.58. The number of aromatic nitrogens is 1. The van der Waals surface area contributed by atoms with Crippen LogP contribution in [0.25, 0.3) is 0 Å². The molecule has 1 saturated heterocycles. The maximum absolute atomic E-state index is 12.2. The van der Waals surface area contributed by atoms with E-state index in [0.29, 0.717) is 31.9 Å². The van der Waals surface area contributed by atoms with E-state index in [1.54, 1.807) is 24.2 Å². The van der Waals surface area contributed by atoms with Gasteiger partial charge in [-0.1, -0.05) is 0 Å². The summed E-state index contributed by atoms with van der Waals surface area (Å²) in [5, 5.41) is 0. The van der Waals surface area contributed by atoms with E-state index < -0.39 is 0 Å². The number of amides is 2. The predicted molar refractivity (Wildman–Crippen MR) is 76.3 cm³/mol. The van der Waals surface area contributed by atoms with E-state index in [4.69, 9.17) is 4.74 Å². The zero-order chi connectivity index (χ0) is 14.5. The molecule has 1 aromatic heterocycles. The number of nitrogens with zero attached hydrogens (tertiary/aromatic N) is 3. The van der Waals surface area contributed by atoms with Gasteiger partial charge in [0.2, 0.25) is 5.91 Å². The summed E-state index contributed by atoms with van der Waals surface area (Å²) in [6, 6.07) is 1.69. The van der Waals surface area contributed by atoms with Gasteiger partial charge in [0.25, 0.3) is 5.91 Å². The van der Waals surface area contributed by atoms with Gasteiger partial charge in [-0.15, -0.1) is 0 Å². The van der Waals surface area contributed by atoms with E-state index >= 15 is 0 Å². The molecule has 7 heteroatoms. The highest BCUT2D eigenvalue weighted by molar-refractivity contribution is 9.10. The second kappa shape index (κ2) is 6.81. The highest BCUT2D eigenvalue weighted by Crippen LogP contribution is 2.11. The highest BCUT2D eigenvalue weighted by atomic mass is 79.9. The number of carbonyl (C=O) groups excluding carboxylic acids is 2. The van der Waals surface area contributed by atoms with Crippen molar-refractivity contribution >= 4 is 27.7 Å². The largest absolute Gasteiger partial charge is 0.378 e. The number of rotatable bonds is 3. The van der Waals surface area contributed by atoms with Crippen LogP contribution in [0.3, 0.4) is 0 Å². The minimum atomic E-state index is -0.222. The number of ether oxygens (including phenoxy) is 1. The molecule has 20 heavy (non-hydrogen) atoms. The lowest BCUT2D eigenvalue weighted by molar-refractivity contribution is -0.135. The average Bonchev–Trinajstić information content (AvgIpc) is 2.47. The summed E-state index contributed by atoms with van der Waals surface area (Å²) in [6.07, 6.45) is 3.10. The smallest absolute Gasteiger partial charge is 0.255 e. The molecule has 108 valence electrons. The lowest BCUT2D eigenvalue weighted by Gasteiger charge is -2.28. The molecule has 0 N–H and O–H groups in total. The van der Waals surface area contributed by atoms with Crippen LogP contribution in [0.2, 0.25) is 0 Å². The van der Waals surface area contributed by atoms with Crippen molar-refractivity contribution in [3.63, 3.8) is 0 Å². The Balaban J connectivity index is 1.95. The third-order valence-corrected chi connectivity index (χ3v) is 3.47. The second-order valence-corrected chi connectivity index (χ2v) is 5.46. The van der Waals surface area contributed by atoms with Crippen LogP contribution in [0.4, 0.5) is 0 Å². The van der Waals surface area contributed by atoms with Crippen LogP contribution in [0.1, 0.15) is 10.4 Å². The van der Waals surface area contributed by atoms with Gasteiger partial charge in [-0.3, -0.25) is 14.6 Å². The first-order valence-electron chi connectivity index (χ1n) is 6.29. The van der Waals surface area contributed by atoms with Crippen LogP contribution in [0, 0.1) is 0 Å². The number of carbonyl (C=O) groups is 2. The molecule has 0 spiro atoms. The van der Waals surface area contributed by atoms with Crippen molar-refractivity contribution in [3.05, 3.63) is 28.5 Å². The van der Waals surface area contributed by atoms with Crippen molar-refractivity contribution in [2.45, 2.75) is 0 Å². The lowest BCUT2D eigenvalue weighted by atomic mass is 10.2. The molecule has 0 saturated carbocycles.